The van der Waals surface area contributed by atoms with E-state index in [0.717, 1.165) is 31.0 Å². The fraction of sp³-hybridized carbons (Fsp3) is 0.450. The summed E-state index contributed by atoms with van der Waals surface area (Å²) in [4.78, 5) is 14.6. The maximum atomic E-state index is 12.2. The van der Waals surface area contributed by atoms with Crippen LogP contribution >= 0.6 is 0 Å². The molecular formula is C20H26N2O3. The number of furan rings is 1. The number of hydrogen-bond acceptors (Lipinski definition) is 4. The van der Waals surface area contributed by atoms with Crippen molar-refractivity contribution >= 4 is 5.91 Å². The molecule has 0 saturated carbocycles. The van der Waals surface area contributed by atoms with Crippen LogP contribution in [0.4, 0.5) is 0 Å². The number of benzene rings is 1. The lowest BCUT2D eigenvalue weighted by atomic mass is 10.1. The number of nitrogens with zero attached hydrogens (tertiary/aromatic N) is 1. The molecule has 1 saturated heterocycles. The van der Waals surface area contributed by atoms with Gasteiger partial charge in [-0.3, -0.25) is 9.69 Å². The van der Waals surface area contributed by atoms with Gasteiger partial charge in [0, 0.05) is 26.2 Å². The van der Waals surface area contributed by atoms with Gasteiger partial charge in [0.2, 0.25) is 0 Å². The zero-order valence-electron chi connectivity index (χ0n) is 15.1. The summed E-state index contributed by atoms with van der Waals surface area (Å²) in [6.45, 7) is 9.26. The second-order valence-electron chi connectivity index (χ2n) is 6.81. The highest BCUT2D eigenvalue weighted by Crippen LogP contribution is 2.17. The lowest BCUT2D eigenvalue weighted by Gasteiger charge is -2.35. The van der Waals surface area contributed by atoms with Gasteiger partial charge in [-0.05, 0) is 44.0 Å². The Morgan fingerprint density at radius 3 is 2.44 bits per heavy atom. The zero-order valence-corrected chi connectivity index (χ0v) is 15.1. The summed E-state index contributed by atoms with van der Waals surface area (Å²) in [5.41, 5.74) is 2.37. The van der Waals surface area contributed by atoms with E-state index in [0.29, 0.717) is 12.3 Å². The van der Waals surface area contributed by atoms with Crippen molar-refractivity contribution in [2.45, 2.75) is 46.1 Å². The van der Waals surface area contributed by atoms with E-state index in [-0.39, 0.29) is 18.1 Å². The van der Waals surface area contributed by atoms with Crippen LogP contribution in [0.2, 0.25) is 0 Å². The Morgan fingerprint density at radius 1 is 1.12 bits per heavy atom. The average Bonchev–Trinajstić information content (AvgIpc) is 2.99. The number of carbonyl (C=O) groups excluding carboxylic acids is 1. The Hall–Kier alpha value is -2.11. The number of aryl methyl sites for hydroxylation is 1. The Balaban J connectivity index is 1.63. The number of carbonyl (C=O) groups is 1. The minimum absolute atomic E-state index is 0.184. The van der Waals surface area contributed by atoms with Crippen LogP contribution in [0.25, 0.3) is 0 Å². The molecule has 1 aromatic heterocycles. The normalized spacial score (nSPS) is 21.2. The molecule has 2 aromatic rings. The minimum Gasteiger partial charge on any atom is -0.456 e. The van der Waals surface area contributed by atoms with Crippen LogP contribution in [-0.4, -0.2) is 36.1 Å². The van der Waals surface area contributed by atoms with Crippen molar-refractivity contribution in [3.05, 3.63) is 59.0 Å². The molecule has 1 aliphatic heterocycles. The molecule has 25 heavy (non-hydrogen) atoms. The Labute approximate surface area is 149 Å². The molecule has 0 bridgehead atoms. The second kappa shape index (κ2) is 7.85. The van der Waals surface area contributed by atoms with Gasteiger partial charge in [-0.1, -0.05) is 24.3 Å². The Morgan fingerprint density at radius 2 is 1.80 bits per heavy atom. The molecule has 0 aliphatic carbocycles. The molecule has 134 valence electrons. The lowest BCUT2D eigenvalue weighted by Crippen LogP contribution is -2.45. The van der Waals surface area contributed by atoms with E-state index in [1.54, 1.807) is 12.1 Å². The van der Waals surface area contributed by atoms with Crippen LogP contribution in [0, 0.1) is 6.92 Å². The first kappa shape index (κ1) is 17.7. The fourth-order valence-corrected chi connectivity index (χ4v) is 3.36. The van der Waals surface area contributed by atoms with Crippen molar-refractivity contribution in [1.29, 1.82) is 0 Å². The quantitative estimate of drug-likeness (QED) is 0.907. The van der Waals surface area contributed by atoms with E-state index in [1.165, 1.54) is 5.56 Å². The highest BCUT2D eigenvalue weighted by Gasteiger charge is 2.22. The van der Waals surface area contributed by atoms with E-state index >= 15 is 0 Å². The van der Waals surface area contributed by atoms with Crippen molar-refractivity contribution < 1.29 is 13.9 Å². The standard InChI is InChI=1S/C20H26N2O3/c1-14-8-9-19(25-14)20(23)21-10-17-6-4-5-7-18(17)13-22-11-15(2)24-16(3)12-22/h4-9,15-16H,10-13H2,1-3H3,(H,21,23)/t15-,16-/m1/s1. The maximum absolute atomic E-state index is 12.2. The smallest absolute Gasteiger partial charge is 0.287 e. The van der Waals surface area contributed by atoms with E-state index in [1.807, 2.05) is 19.1 Å². The average molecular weight is 342 g/mol. The third kappa shape index (κ3) is 4.71. The molecule has 1 amide bonds. The maximum Gasteiger partial charge on any atom is 0.287 e. The summed E-state index contributed by atoms with van der Waals surface area (Å²) in [5, 5.41) is 2.95. The molecule has 5 heteroatoms. The molecule has 2 heterocycles. The van der Waals surface area contributed by atoms with Gasteiger partial charge >= 0.3 is 0 Å². The monoisotopic (exact) mass is 342 g/mol. The molecule has 1 fully saturated rings. The third-order valence-corrected chi connectivity index (χ3v) is 4.41. The molecular weight excluding hydrogens is 316 g/mol. The number of ether oxygens (including phenoxy) is 1. The van der Waals surface area contributed by atoms with E-state index < -0.39 is 0 Å². The van der Waals surface area contributed by atoms with Gasteiger partial charge in [-0.2, -0.15) is 0 Å². The second-order valence-corrected chi connectivity index (χ2v) is 6.81. The first-order valence-electron chi connectivity index (χ1n) is 8.80. The Bertz CT molecular complexity index is 715. The van der Waals surface area contributed by atoms with Gasteiger partial charge < -0.3 is 14.5 Å². The SMILES string of the molecule is Cc1ccc(C(=O)NCc2ccccc2CN2C[C@@H](C)O[C@H](C)C2)o1. The summed E-state index contributed by atoms with van der Waals surface area (Å²) in [6, 6.07) is 11.7. The zero-order chi connectivity index (χ0) is 17.8. The number of amides is 1. The number of rotatable bonds is 5. The molecule has 0 unspecified atom stereocenters. The molecule has 0 radical (unpaired) electrons. The highest BCUT2D eigenvalue weighted by atomic mass is 16.5. The van der Waals surface area contributed by atoms with Crippen molar-refractivity contribution in [1.82, 2.24) is 10.2 Å². The molecule has 1 aliphatic rings. The van der Waals surface area contributed by atoms with Crippen LogP contribution in [0.15, 0.2) is 40.8 Å². The topological polar surface area (TPSA) is 54.7 Å². The van der Waals surface area contributed by atoms with Crippen molar-refractivity contribution in [2.24, 2.45) is 0 Å². The van der Waals surface area contributed by atoms with Crippen LogP contribution in [0.3, 0.4) is 0 Å². The van der Waals surface area contributed by atoms with Gasteiger partial charge in [-0.25, -0.2) is 0 Å². The molecule has 0 spiro atoms. The van der Waals surface area contributed by atoms with Crippen molar-refractivity contribution in [2.75, 3.05) is 13.1 Å². The summed E-state index contributed by atoms with van der Waals surface area (Å²) < 4.78 is 11.2. The van der Waals surface area contributed by atoms with Crippen LogP contribution in [0.5, 0.6) is 0 Å². The fourth-order valence-electron chi connectivity index (χ4n) is 3.36. The summed E-state index contributed by atoms with van der Waals surface area (Å²) in [5.74, 6) is 0.906. The summed E-state index contributed by atoms with van der Waals surface area (Å²) in [6.07, 6.45) is 0.496. The first-order valence-corrected chi connectivity index (χ1v) is 8.80. The van der Waals surface area contributed by atoms with Crippen molar-refractivity contribution in [3.63, 3.8) is 0 Å². The molecule has 5 nitrogen and oxygen atoms in total. The molecule has 3 rings (SSSR count). The predicted octanol–water partition coefficient (Wildman–Crippen LogP) is 3.13. The Kier molecular flexibility index (Phi) is 5.56. The highest BCUT2D eigenvalue weighted by molar-refractivity contribution is 5.91. The lowest BCUT2D eigenvalue weighted by molar-refractivity contribution is -0.0705. The summed E-state index contributed by atoms with van der Waals surface area (Å²) >= 11 is 0. The van der Waals surface area contributed by atoms with Gasteiger partial charge in [0.25, 0.3) is 5.91 Å². The van der Waals surface area contributed by atoms with Gasteiger partial charge in [-0.15, -0.1) is 0 Å². The van der Waals surface area contributed by atoms with Crippen LogP contribution in [-0.2, 0) is 17.8 Å². The number of morpholine rings is 1. The first-order chi connectivity index (χ1) is 12.0. The van der Waals surface area contributed by atoms with Gasteiger partial charge in [0.05, 0.1) is 12.2 Å². The van der Waals surface area contributed by atoms with Gasteiger partial charge in [0.15, 0.2) is 5.76 Å². The number of hydrogen-bond donors (Lipinski definition) is 1. The summed E-state index contributed by atoms with van der Waals surface area (Å²) in [7, 11) is 0. The molecule has 1 aromatic carbocycles. The largest absolute Gasteiger partial charge is 0.456 e. The minimum atomic E-state index is -0.184. The predicted molar refractivity (Wildman–Crippen MR) is 96.3 cm³/mol. The van der Waals surface area contributed by atoms with E-state index in [9.17, 15) is 4.79 Å². The van der Waals surface area contributed by atoms with Crippen LogP contribution in [0.1, 0.15) is 41.3 Å². The number of nitrogens with one attached hydrogen (secondary N) is 1. The van der Waals surface area contributed by atoms with Crippen molar-refractivity contribution in [3.8, 4) is 0 Å². The molecule has 2 atom stereocenters. The third-order valence-electron chi connectivity index (χ3n) is 4.41. The van der Waals surface area contributed by atoms with Crippen LogP contribution < -0.4 is 5.32 Å². The van der Waals surface area contributed by atoms with E-state index in [4.69, 9.17) is 9.15 Å². The van der Waals surface area contributed by atoms with E-state index in [2.05, 4.69) is 36.2 Å². The van der Waals surface area contributed by atoms with Gasteiger partial charge in [0.1, 0.15) is 5.76 Å². The molecule has 1 N–H and O–H groups in total.